The summed E-state index contributed by atoms with van der Waals surface area (Å²) in [4.78, 5) is 2.23. The van der Waals surface area contributed by atoms with E-state index in [2.05, 4.69) is 17.0 Å². The van der Waals surface area contributed by atoms with Gasteiger partial charge in [-0.15, -0.1) is 0 Å². The Labute approximate surface area is 123 Å². The number of hydrogen-bond donors (Lipinski definition) is 1. The first-order valence-electron chi connectivity index (χ1n) is 7.15. The zero-order valence-electron chi connectivity index (χ0n) is 11.7. The van der Waals surface area contributed by atoms with Crippen molar-refractivity contribution in [2.75, 3.05) is 13.1 Å². The van der Waals surface area contributed by atoms with Crippen LogP contribution in [0.2, 0.25) is 0 Å². The average Bonchev–Trinajstić information content (AvgIpc) is 2.51. The van der Waals surface area contributed by atoms with Gasteiger partial charge in [-0.2, -0.15) is 0 Å². The van der Waals surface area contributed by atoms with Crippen LogP contribution in [0.1, 0.15) is 22.7 Å². The fourth-order valence-electron chi connectivity index (χ4n) is 3.00. The summed E-state index contributed by atoms with van der Waals surface area (Å²) in [5.41, 5.74) is 9.26. The van der Waals surface area contributed by atoms with Crippen LogP contribution in [0.15, 0.2) is 42.5 Å². The standard InChI is InChI=1S/C17H18F2N2/c18-15-6-5-13(9-16(15)19)17(10-20)21-8-7-12-3-1-2-4-14(12)11-21/h1-6,9,17H,7-8,10-11,20H2. The molecule has 2 aromatic carbocycles. The van der Waals surface area contributed by atoms with Crippen molar-refractivity contribution in [1.82, 2.24) is 4.90 Å². The van der Waals surface area contributed by atoms with Crippen molar-refractivity contribution in [2.45, 2.75) is 19.0 Å². The topological polar surface area (TPSA) is 29.3 Å². The molecule has 2 N–H and O–H groups in total. The van der Waals surface area contributed by atoms with Crippen molar-refractivity contribution < 1.29 is 8.78 Å². The van der Waals surface area contributed by atoms with Gasteiger partial charge in [-0.05, 0) is 35.2 Å². The van der Waals surface area contributed by atoms with Crippen LogP contribution in [0.25, 0.3) is 0 Å². The molecule has 1 aliphatic rings. The third-order valence-corrected chi connectivity index (χ3v) is 4.15. The molecule has 0 spiro atoms. The highest BCUT2D eigenvalue weighted by molar-refractivity contribution is 5.30. The first kappa shape index (κ1) is 14.2. The van der Waals surface area contributed by atoms with Gasteiger partial charge in [0.2, 0.25) is 0 Å². The third-order valence-electron chi connectivity index (χ3n) is 4.15. The molecule has 21 heavy (non-hydrogen) atoms. The third kappa shape index (κ3) is 2.82. The van der Waals surface area contributed by atoms with E-state index in [9.17, 15) is 8.78 Å². The zero-order valence-corrected chi connectivity index (χ0v) is 11.7. The summed E-state index contributed by atoms with van der Waals surface area (Å²) in [5, 5.41) is 0. The Bertz CT molecular complexity index is 642. The van der Waals surface area contributed by atoms with Crippen molar-refractivity contribution in [1.29, 1.82) is 0 Å². The van der Waals surface area contributed by atoms with Gasteiger partial charge in [-0.1, -0.05) is 30.3 Å². The number of nitrogens with two attached hydrogens (primary N) is 1. The van der Waals surface area contributed by atoms with Gasteiger partial charge in [0.25, 0.3) is 0 Å². The Morgan fingerprint density at radius 1 is 1.05 bits per heavy atom. The minimum atomic E-state index is -0.821. The molecule has 110 valence electrons. The molecular weight excluding hydrogens is 270 g/mol. The lowest BCUT2D eigenvalue weighted by Crippen LogP contribution is -2.37. The Kier molecular flexibility index (Phi) is 3.99. The Balaban J connectivity index is 1.86. The first-order chi connectivity index (χ1) is 10.2. The van der Waals surface area contributed by atoms with Crippen LogP contribution in [-0.4, -0.2) is 18.0 Å². The summed E-state index contributed by atoms with van der Waals surface area (Å²) in [6, 6.07) is 12.3. The van der Waals surface area contributed by atoms with Gasteiger partial charge in [0.1, 0.15) is 0 Å². The Morgan fingerprint density at radius 2 is 1.81 bits per heavy atom. The van der Waals surface area contributed by atoms with Crippen LogP contribution in [-0.2, 0) is 13.0 Å². The first-order valence-corrected chi connectivity index (χ1v) is 7.15. The molecule has 0 aromatic heterocycles. The molecule has 4 heteroatoms. The van der Waals surface area contributed by atoms with Crippen LogP contribution in [0.3, 0.4) is 0 Å². The van der Waals surface area contributed by atoms with Crippen molar-refractivity contribution >= 4 is 0 Å². The molecule has 1 aliphatic heterocycles. The molecule has 0 saturated heterocycles. The molecule has 0 saturated carbocycles. The highest BCUT2D eigenvalue weighted by atomic mass is 19.2. The number of benzene rings is 2. The summed E-state index contributed by atoms with van der Waals surface area (Å²) >= 11 is 0. The summed E-state index contributed by atoms with van der Waals surface area (Å²) in [7, 11) is 0. The second-order valence-electron chi connectivity index (χ2n) is 5.41. The molecule has 0 radical (unpaired) electrons. The number of hydrogen-bond acceptors (Lipinski definition) is 2. The van der Waals surface area contributed by atoms with Crippen molar-refractivity contribution in [3.05, 3.63) is 70.8 Å². The van der Waals surface area contributed by atoms with Gasteiger partial charge in [-0.3, -0.25) is 4.90 Å². The number of nitrogens with zero attached hydrogens (tertiary/aromatic N) is 1. The van der Waals surface area contributed by atoms with Crippen molar-refractivity contribution in [2.24, 2.45) is 5.73 Å². The monoisotopic (exact) mass is 288 g/mol. The van der Waals surface area contributed by atoms with E-state index < -0.39 is 11.6 Å². The maximum absolute atomic E-state index is 13.4. The highest BCUT2D eigenvalue weighted by Gasteiger charge is 2.24. The molecular formula is C17H18F2N2. The number of fused-ring (bicyclic) bond motifs is 1. The predicted octanol–water partition coefficient (Wildman–Crippen LogP) is 3.02. The van der Waals surface area contributed by atoms with Gasteiger partial charge < -0.3 is 5.73 Å². The lowest BCUT2D eigenvalue weighted by molar-refractivity contribution is 0.183. The summed E-state index contributed by atoms with van der Waals surface area (Å²) in [6.45, 7) is 2.04. The van der Waals surface area contributed by atoms with Crippen molar-refractivity contribution in [3.8, 4) is 0 Å². The lowest BCUT2D eigenvalue weighted by Gasteiger charge is -2.35. The fraction of sp³-hybridized carbons (Fsp3) is 0.294. The molecule has 1 heterocycles. The van der Waals surface area contributed by atoms with E-state index in [0.29, 0.717) is 6.54 Å². The maximum atomic E-state index is 13.4. The van der Waals surface area contributed by atoms with Crippen LogP contribution in [0.5, 0.6) is 0 Å². The van der Waals surface area contributed by atoms with Crippen molar-refractivity contribution in [3.63, 3.8) is 0 Å². The quantitative estimate of drug-likeness (QED) is 0.940. The fourth-order valence-corrected chi connectivity index (χ4v) is 3.00. The smallest absolute Gasteiger partial charge is 0.159 e. The Morgan fingerprint density at radius 3 is 2.52 bits per heavy atom. The molecule has 0 aliphatic carbocycles. The normalized spacial score (nSPS) is 16.5. The zero-order chi connectivity index (χ0) is 14.8. The number of rotatable bonds is 3. The molecule has 0 amide bonds. The average molecular weight is 288 g/mol. The van der Waals surface area contributed by atoms with E-state index in [-0.39, 0.29) is 6.04 Å². The minimum Gasteiger partial charge on any atom is -0.329 e. The Hall–Kier alpha value is -1.78. The highest BCUT2D eigenvalue weighted by Crippen LogP contribution is 2.28. The molecule has 2 nitrogen and oxygen atoms in total. The van der Waals surface area contributed by atoms with Gasteiger partial charge in [-0.25, -0.2) is 8.78 Å². The second-order valence-corrected chi connectivity index (χ2v) is 5.41. The summed E-state index contributed by atoms with van der Waals surface area (Å²) < 4.78 is 26.5. The van der Waals surface area contributed by atoms with E-state index >= 15 is 0 Å². The van der Waals surface area contributed by atoms with Crippen LogP contribution in [0.4, 0.5) is 8.78 Å². The summed E-state index contributed by atoms with van der Waals surface area (Å²) in [6.07, 6.45) is 0.955. The maximum Gasteiger partial charge on any atom is 0.159 e. The van der Waals surface area contributed by atoms with Gasteiger partial charge in [0, 0.05) is 25.7 Å². The second kappa shape index (κ2) is 5.92. The van der Waals surface area contributed by atoms with E-state index in [0.717, 1.165) is 25.1 Å². The largest absolute Gasteiger partial charge is 0.329 e. The lowest BCUT2D eigenvalue weighted by atomic mass is 9.96. The van der Waals surface area contributed by atoms with Crippen LogP contribution >= 0.6 is 0 Å². The van der Waals surface area contributed by atoms with Gasteiger partial charge in [0.05, 0.1) is 0 Å². The molecule has 0 bridgehead atoms. The van der Waals surface area contributed by atoms with Crippen LogP contribution < -0.4 is 5.73 Å². The van der Waals surface area contributed by atoms with Gasteiger partial charge >= 0.3 is 0 Å². The molecule has 0 fully saturated rings. The summed E-state index contributed by atoms with van der Waals surface area (Å²) in [5.74, 6) is -1.64. The van der Waals surface area contributed by atoms with E-state index in [1.165, 1.54) is 23.3 Å². The van der Waals surface area contributed by atoms with E-state index in [1.807, 2.05) is 12.1 Å². The molecule has 1 atom stereocenters. The van der Waals surface area contributed by atoms with E-state index in [1.54, 1.807) is 6.07 Å². The SMILES string of the molecule is NCC(c1ccc(F)c(F)c1)N1CCc2ccccc2C1. The number of halogens is 2. The molecule has 2 aromatic rings. The molecule has 1 unspecified atom stereocenters. The van der Waals surface area contributed by atoms with E-state index in [4.69, 9.17) is 5.73 Å². The molecule has 3 rings (SSSR count). The predicted molar refractivity (Wildman–Crippen MR) is 78.7 cm³/mol. The minimum absolute atomic E-state index is 0.0894. The van der Waals surface area contributed by atoms with Gasteiger partial charge in [0.15, 0.2) is 11.6 Å². The van der Waals surface area contributed by atoms with Crippen LogP contribution in [0, 0.1) is 11.6 Å².